The Morgan fingerprint density at radius 3 is 2.65 bits per heavy atom. The number of H-pyrrole nitrogens is 2. The highest BCUT2D eigenvalue weighted by Gasteiger charge is 2.20. The van der Waals surface area contributed by atoms with Crippen LogP contribution in [0.15, 0.2) is 36.4 Å². The molecule has 0 saturated heterocycles. The number of amides is 1. The van der Waals surface area contributed by atoms with Gasteiger partial charge in [0.1, 0.15) is 10.6 Å². The van der Waals surface area contributed by atoms with E-state index in [1.807, 2.05) is 6.07 Å². The van der Waals surface area contributed by atoms with E-state index >= 15 is 0 Å². The molecule has 0 unspecified atom stereocenters. The minimum absolute atomic E-state index is 0.0487. The predicted molar refractivity (Wildman–Crippen MR) is 118 cm³/mol. The number of benzene rings is 1. The minimum Gasteiger partial charge on any atom is -0.481 e. The van der Waals surface area contributed by atoms with E-state index in [9.17, 15) is 9.59 Å². The molecule has 0 aliphatic carbocycles. The number of hydrogen-bond acceptors (Lipinski definition) is 8. The fraction of sp³-hybridized carbons (Fsp3) is 0.211. The Morgan fingerprint density at radius 1 is 1.13 bits per heavy atom. The van der Waals surface area contributed by atoms with Gasteiger partial charge in [-0.2, -0.15) is 5.21 Å². The molecule has 3 aromatic heterocycles. The van der Waals surface area contributed by atoms with E-state index in [0.29, 0.717) is 45.4 Å². The zero-order valence-electron chi connectivity index (χ0n) is 16.1. The molecule has 3 N–H and O–H groups in total. The summed E-state index contributed by atoms with van der Waals surface area (Å²) in [6.07, 6.45) is 1.04. The largest absolute Gasteiger partial charge is 0.481 e. The maximum atomic E-state index is 13.3. The van der Waals surface area contributed by atoms with E-state index in [4.69, 9.17) is 17.3 Å². The van der Waals surface area contributed by atoms with E-state index in [1.165, 1.54) is 11.3 Å². The van der Waals surface area contributed by atoms with Gasteiger partial charge in [0.15, 0.2) is 3.95 Å². The van der Waals surface area contributed by atoms with Gasteiger partial charge in [0.25, 0.3) is 5.91 Å². The average molecular weight is 456 g/mol. The molecule has 3 heterocycles. The molecular formula is C19H17N7O3S2. The highest BCUT2D eigenvalue weighted by Crippen LogP contribution is 2.24. The van der Waals surface area contributed by atoms with E-state index in [1.54, 1.807) is 35.2 Å². The second-order valence-electron chi connectivity index (χ2n) is 6.66. The van der Waals surface area contributed by atoms with Crippen LogP contribution in [-0.2, 0) is 4.79 Å². The summed E-state index contributed by atoms with van der Waals surface area (Å²) in [5.41, 5.74) is 2.00. The second kappa shape index (κ2) is 9.10. The normalized spacial score (nSPS) is 11.0. The van der Waals surface area contributed by atoms with Crippen molar-refractivity contribution in [2.45, 2.75) is 19.3 Å². The van der Waals surface area contributed by atoms with E-state index in [-0.39, 0.29) is 12.3 Å². The lowest BCUT2D eigenvalue weighted by Gasteiger charge is -2.22. The topological polar surface area (TPSA) is 141 Å². The molecule has 12 heteroatoms. The molecular weight excluding hydrogens is 438 g/mol. The Morgan fingerprint density at radius 2 is 1.94 bits per heavy atom. The van der Waals surface area contributed by atoms with Crippen molar-refractivity contribution in [2.24, 2.45) is 0 Å². The van der Waals surface area contributed by atoms with Crippen LogP contribution < -0.4 is 4.90 Å². The van der Waals surface area contributed by atoms with Crippen molar-refractivity contribution in [2.75, 3.05) is 11.4 Å². The van der Waals surface area contributed by atoms with Crippen molar-refractivity contribution in [3.63, 3.8) is 0 Å². The third-order valence-electron chi connectivity index (χ3n) is 4.55. The highest BCUT2D eigenvalue weighted by molar-refractivity contribution is 7.73. The summed E-state index contributed by atoms with van der Waals surface area (Å²) in [7, 11) is 0. The summed E-state index contributed by atoms with van der Waals surface area (Å²) in [4.78, 5) is 34.0. The number of carboxylic acid groups (broad SMARTS) is 1. The van der Waals surface area contributed by atoms with Crippen LogP contribution in [0.25, 0.3) is 21.7 Å². The van der Waals surface area contributed by atoms with Gasteiger partial charge >= 0.3 is 5.97 Å². The number of carbonyl (C=O) groups excluding carboxylic acids is 1. The van der Waals surface area contributed by atoms with Gasteiger partial charge in [0.05, 0.1) is 5.52 Å². The maximum absolute atomic E-state index is 13.3. The molecule has 4 aromatic rings. The lowest BCUT2D eigenvalue weighted by molar-refractivity contribution is -0.137. The Bertz CT molecular complexity index is 1270. The van der Waals surface area contributed by atoms with Crippen molar-refractivity contribution in [3.05, 3.63) is 45.9 Å². The van der Waals surface area contributed by atoms with E-state index in [2.05, 4.69) is 30.6 Å². The quantitative estimate of drug-likeness (QED) is 0.271. The van der Waals surface area contributed by atoms with Crippen LogP contribution in [-0.4, -0.2) is 54.1 Å². The number of rotatable bonds is 8. The number of hydrogen-bond donors (Lipinski definition) is 3. The number of aromatic amines is 2. The number of tetrazole rings is 1. The molecule has 1 amide bonds. The summed E-state index contributed by atoms with van der Waals surface area (Å²) in [6, 6.07) is 10.5. The lowest BCUT2D eigenvalue weighted by atomic mass is 10.1. The van der Waals surface area contributed by atoms with Crippen molar-refractivity contribution < 1.29 is 14.7 Å². The van der Waals surface area contributed by atoms with Crippen molar-refractivity contribution in [1.29, 1.82) is 0 Å². The Kier molecular flexibility index (Phi) is 6.09. The van der Waals surface area contributed by atoms with Crippen LogP contribution >= 0.6 is 23.6 Å². The third kappa shape index (κ3) is 4.81. The monoisotopic (exact) mass is 455 g/mol. The number of aliphatic carboxylic acids is 1. The van der Waals surface area contributed by atoms with Crippen molar-refractivity contribution in [1.82, 2.24) is 30.6 Å². The summed E-state index contributed by atoms with van der Waals surface area (Å²) in [6.45, 7) is 0.340. The number of carbonyl (C=O) groups is 2. The number of unbranched alkanes of at least 4 members (excludes halogenated alkanes) is 1. The molecule has 158 valence electrons. The number of nitrogens with one attached hydrogen (secondary N) is 2. The van der Waals surface area contributed by atoms with Gasteiger partial charge in [-0.25, -0.2) is 4.98 Å². The first-order valence-corrected chi connectivity index (χ1v) is 10.6. The number of anilines is 1. The van der Waals surface area contributed by atoms with Crippen LogP contribution in [0.2, 0.25) is 0 Å². The zero-order valence-corrected chi connectivity index (χ0v) is 17.7. The SMILES string of the molecule is O=C(O)CCCCN(C(=O)c1ccc(-c2nn[nH]n2)cc1)c1ccc2[nH]c(=S)sc2n1. The fourth-order valence-corrected chi connectivity index (χ4v) is 4.10. The first kappa shape index (κ1) is 20.8. The van der Waals surface area contributed by atoms with Crippen molar-refractivity contribution >= 4 is 51.6 Å². The van der Waals surface area contributed by atoms with Gasteiger partial charge in [0.2, 0.25) is 5.82 Å². The number of thiazole rings is 1. The molecule has 10 nitrogen and oxygen atoms in total. The maximum Gasteiger partial charge on any atom is 0.303 e. The summed E-state index contributed by atoms with van der Waals surface area (Å²) < 4.78 is 0.607. The van der Waals surface area contributed by atoms with Crippen LogP contribution in [0.4, 0.5) is 5.82 Å². The lowest BCUT2D eigenvalue weighted by Crippen LogP contribution is -2.32. The molecule has 1 aromatic carbocycles. The molecule has 0 fully saturated rings. The second-order valence-corrected chi connectivity index (χ2v) is 8.32. The Hall–Kier alpha value is -3.51. The molecule has 0 bridgehead atoms. The molecule has 0 atom stereocenters. The van der Waals surface area contributed by atoms with Gasteiger partial charge < -0.3 is 10.1 Å². The molecule has 0 aliphatic heterocycles. The number of carboxylic acids is 1. The van der Waals surface area contributed by atoms with Gasteiger partial charge in [-0.15, -0.1) is 10.2 Å². The standard InChI is InChI=1S/C19H17N7O3S2/c27-15(28)3-1-2-10-26(14-9-8-13-17(21-14)31-19(30)20-13)18(29)12-6-4-11(5-7-12)16-22-24-25-23-16/h4-9H,1-3,10H2,(H,20,30)(H,27,28)(H,22,23,24,25). The smallest absolute Gasteiger partial charge is 0.303 e. The van der Waals surface area contributed by atoms with Gasteiger partial charge in [-0.05, 0) is 54.5 Å². The van der Waals surface area contributed by atoms with Crippen molar-refractivity contribution in [3.8, 4) is 11.4 Å². The number of nitrogens with zero attached hydrogens (tertiary/aromatic N) is 5. The van der Waals surface area contributed by atoms with Crippen LogP contribution in [0.3, 0.4) is 0 Å². The molecule has 31 heavy (non-hydrogen) atoms. The summed E-state index contributed by atoms with van der Waals surface area (Å²) >= 11 is 6.51. The van der Waals surface area contributed by atoms with Crippen LogP contribution in [0, 0.1) is 3.95 Å². The van der Waals surface area contributed by atoms with Gasteiger partial charge in [0, 0.05) is 24.1 Å². The third-order valence-corrected chi connectivity index (χ3v) is 5.70. The zero-order chi connectivity index (χ0) is 21.8. The predicted octanol–water partition coefficient (Wildman–Crippen LogP) is 3.44. The number of aromatic nitrogens is 6. The van der Waals surface area contributed by atoms with E-state index in [0.717, 1.165) is 11.1 Å². The first-order chi connectivity index (χ1) is 15.0. The molecule has 0 aliphatic rings. The number of pyridine rings is 1. The first-order valence-electron chi connectivity index (χ1n) is 9.38. The summed E-state index contributed by atoms with van der Waals surface area (Å²) in [5, 5.41) is 22.7. The molecule has 4 rings (SSSR count). The highest BCUT2D eigenvalue weighted by atomic mass is 32.1. The van der Waals surface area contributed by atoms with E-state index < -0.39 is 5.97 Å². The molecule has 0 radical (unpaired) electrons. The average Bonchev–Trinajstić information content (AvgIpc) is 3.42. The molecule has 0 saturated carbocycles. The van der Waals surface area contributed by atoms with Gasteiger partial charge in [-0.1, -0.05) is 23.5 Å². The summed E-state index contributed by atoms with van der Waals surface area (Å²) in [5.74, 6) is -0.173. The molecule has 0 spiro atoms. The number of fused-ring (bicyclic) bond motifs is 1. The van der Waals surface area contributed by atoms with Crippen LogP contribution in [0.1, 0.15) is 29.6 Å². The Labute approximate surface area is 185 Å². The Balaban J connectivity index is 1.61. The minimum atomic E-state index is -0.860. The van der Waals surface area contributed by atoms with Crippen LogP contribution in [0.5, 0.6) is 0 Å². The fourth-order valence-electron chi connectivity index (χ4n) is 3.05. The van der Waals surface area contributed by atoms with Gasteiger partial charge in [-0.3, -0.25) is 14.5 Å².